The Hall–Kier alpha value is -1.62. The van der Waals surface area contributed by atoms with Crippen LogP contribution >= 0.6 is 15.9 Å². The number of nitrogens with zero attached hydrogens (tertiary/aromatic N) is 1. The summed E-state index contributed by atoms with van der Waals surface area (Å²) in [5, 5.41) is 13.0. The van der Waals surface area contributed by atoms with Crippen molar-refractivity contribution in [3.05, 3.63) is 69.8 Å². The van der Waals surface area contributed by atoms with Crippen molar-refractivity contribution in [2.75, 3.05) is 6.54 Å². The minimum Gasteiger partial charge on any atom is -0.356 e. The quantitative estimate of drug-likeness (QED) is 0.693. The van der Waals surface area contributed by atoms with Crippen molar-refractivity contribution < 1.29 is 5.21 Å². The molecule has 0 fully saturated rings. The highest BCUT2D eigenvalue weighted by molar-refractivity contribution is 9.10. The molecule has 1 aliphatic heterocycles. The summed E-state index contributed by atoms with van der Waals surface area (Å²) >= 11 is 3.54. The van der Waals surface area contributed by atoms with Crippen LogP contribution in [0.4, 0.5) is 0 Å². The van der Waals surface area contributed by atoms with Crippen LogP contribution in [0.25, 0.3) is 10.9 Å². The molecule has 1 aliphatic rings. The van der Waals surface area contributed by atoms with Crippen molar-refractivity contribution in [2.45, 2.75) is 12.5 Å². The third-order valence-electron chi connectivity index (χ3n) is 4.18. The average Bonchev–Trinajstić information content (AvgIpc) is 2.85. The van der Waals surface area contributed by atoms with Crippen LogP contribution in [-0.2, 0) is 6.42 Å². The zero-order chi connectivity index (χ0) is 14.4. The van der Waals surface area contributed by atoms with Gasteiger partial charge in [0.2, 0.25) is 0 Å². The Morgan fingerprint density at radius 1 is 1.14 bits per heavy atom. The molecule has 106 valence electrons. The number of nitrogens with one attached hydrogen (secondary N) is 1. The van der Waals surface area contributed by atoms with E-state index >= 15 is 0 Å². The number of hydrogen-bond donors (Lipinski definition) is 2. The van der Waals surface area contributed by atoms with Crippen LogP contribution in [0.2, 0.25) is 0 Å². The first-order chi connectivity index (χ1) is 10.2. The summed E-state index contributed by atoms with van der Waals surface area (Å²) in [7, 11) is 0. The van der Waals surface area contributed by atoms with Gasteiger partial charge in [0, 0.05) is 27.6 Å². The summed E-state index contributed by atoms with van der Waals surface area (Å²) in [6.45, 7) is 0.645. The van der Waals surface area contributed by atoms with Crippen molar-refractivity contribution in [2.24, 2.45) is 0 Å². The molecule has 4 heteroatoms. The number of aromatic nitrogens is 1. The molecular formula is C17H15BrN2O. The molecule has 0 aliphatic carbocycles. The molecule has 3 aromatic rings. The first-order valence-electron chi connectivity index (χ1n) is 7.04. The predicted octanol–water partition coefficient (Wildman–Crippen LogP) is 4.27. The Bertz CT molecular complexity index is 797. The number of halogens is 1. The lowest BCUT2D eigenvalue weighted by Crippen LogP contribution is -2.33. The van der Waals surface area contributed by atoms with Crippen molar-refractivity contribution in [1.82, 2.24) is 10.0 Å². The summed E-state index contributed by atoms with van der Waals surface area (Å²) in [5.41, 5.74) is 4.64. The highest BCUT2D eigenvalue weighted by atomic mass is 79.9. The van der Waals surface area contributed by atoms with Gasteiger partial charge in [-0.25, -0.2) is 0 Å². The summed E-state index contributed by atoms with van der Waals surface area (Å²) in [5.74, 6) is 0. The molecule has 1 unspecified atom stereocenters. The van der Waals surface area contributed by atoms with E-state index in [0.717, 1.165) is 27.7 Å². The molecule has 4 rings (SSSR count). The largest absolute Gasteiger partial charge is 0.356 e. The summed E-state index contributed by atoms with van der Waals surface area (Å²) in [6, 6.07) is 16.3. The zero-order valence-corrected chi connectivity index (χ0v) is 13.0. The lowest BCUT2D eigenvalue weighted by atomic mass is 9.94. The molecule has 0 bridgehead atoms. The van der Waals surface area contributed by atoms with Crippen molar-refractivity contribution in [3.8, 4) is 0 Å². The molecule has 0 amide bonds. The van der Waals surface area contributed by atoms with Gasteiger partial charge in [-0.3, -0.25) is 0 Å². The molecule has 0 spiro atoms. The van der Waals surface area contributed by atoms with E-state index in [9.17, 15) is 5.21 Å². The third kappa shape index (κ3) is 2.11. The van der Waals surface area contributed by atoms with Gasteiger partial charge in [0.05, 0.1) is 0 Å². The van der Waals surface area contributed by atoms with E-state index in [4.69, 9.17) is 0 Å². The lowest BCUT2D eigenvalue weighted by Gasteiger charge is -2.31. The number of hydrogen-bond acceptors (Lipinski definition) is 2. The second-order valence-electron chi connectivity index (χ2n) is 5.43. The van der Waals surface area contributed by atoms with Gasteiger partial charge in [0.25, 0.3) is 0 Å². The van der Waals surface area contributed by atoms with Gasteiger partial charge in [-0.05, 0) is 35.7 Å². The average molecular weight is 343 g/mol. The van der Waals surface area contributed by atoms with E-state index < -0.39 is 0 Å². The van der Waals surface area contributed by atoms with Crippen LogP contribution < -0.4 is 0 Å². The number of fused-ring (bicyclic) bond motifs is 3. The maximum atomic E-state index is 10.4. The van der Waals surface area contributed by atoms with Crippen LogP contribution in [0.1, 0.15) is 22.9 Å². The number of aromatic amines is 1. The van der Waals surface area contributed by atoms with E-state index in [0.29, 0.717) is 6.54 Å². The fourth-order valence-corrected chi connectivity index (χ4v) is 3.58. The first-order valence-corrected chi connectivity index (χ1v) is 7.84. The molecule has 21 heavy (non-hydrogen) atoms. The number of rotatable bonds is 1. The van der Waals surface area contributed by atoms with E-state index in [-0.39, 0.29) is 6.04 Å². The van der Waals surface area contributed by atoms with Crippen molar-refractivity contribution in [1.29, 1.82) is 0 Å². The highest BCUT2D eigenvalue weighted by Crippen LogP contribution is 2.37. The summed E-state index contributed by atoms with van der Waals surface area (Å²) in [6.07, 6.45) is 0.853. The van der Waals surface area contributed by atoms with Gasteiger partial charge in [-0.2, -0.15) is 5.06 Å². The second-order valence-corrected chi connectivity index (χ2v) is 6.35. The minimum absolute atomic E-state index is 0.124. The van der Waals surface area contributed by atoms with Crippen LogP contribution in [0.3, 0.4) is 0 Å². The van der Waals surface area contributed by atoms with Gasteiger partial charge in [0.15, 0.2) is 0 Å². The maximum Gasteiger partial charge on any atom is 0.100 e. The summed E-state index contributed by atoms with van der Waals surface area (Å²) < 4.78 is 1.08. The molecule has 0 radical (unpaired) electrons. The van der Waals surface area contributed by atoms with Crippen LogP contribution in [0.5, 0.6) is 0 Å². The summed E-state index contributed by atoms with van der Waals surface area (Å²) in [4.78, 5) is 3.50. The number of benzene rings is 2. The lowest BCUT2D eigenvalue weighted by molar-refractivity contribution is -0.122. The molecular weight excluding hydrogens is 328 g/mol. The molecule has 2 heterocycles. The Labute approximate surface area is 131 Å². The smallest absolute Gasteiger partial charge is 0.100 e. The van der Waals surface area contributed by atoms with E-state index in [1.807, 2.05) is 24.3 Å². The zero-order valence-electron chi connectivity index (χ0n) is 11.4. The normalized spacial score (nSPS) is 18.9. The van der Waals surface area contributed by atoms with Gasteiger partial charge in [0.1, 0.15) is 6.04 Å². The Balaban J connectivity index is 1.94. The van der Waals surface area contributed by atoms with Gasteiger partial charge < -0.3 is 10.2 Å². The molecule has 0 saturated carbocycles. The van der Waals surface area contributed by atoms with E-state index in [1.54, 1.807) is 0 Å². The Morgan fingerprint density at radius 2 is 1.95 bits per heavy atom. The second kappa shape index (κ2) is 4.98. The molecule has 2 aromatic carbocycles. The molecule has 0 saturated heterocycles. The van der Waals surface area contributed by atoms with Gasteiger partial charge in [-0.15, -0.1) is 0 Å². The van der Waals surface area contributed by atoms with Crippen LogP contribution in [0.15, 0.2) is 53.0 Å². The van der Waals surface area contributed by atoms with E-state index in [2.05, 4.69) is 45.2 Å². The molecule has 1 atom stereocenters. The van der Waals surface area contributed by atoms with E-state index in [1.165, 1.54) is 16.0 Å². The predicted molar refractivity (Wildman–Crippen MR) is 86.5 cm³/mol. The molecule has 3 nitrogen and oxygen atoms in total. The fourth-order valence-electron chi connectivity index (χ4n) is 3.22. The molecule has 2 N–H and O–H groups in total. The van der Waals surface area contributed by atoms with Crippen molar-refractivity contribution >= 4 is 26.8 Å². The standard InChI is InChI=1S/C17H15BrN2O/c18-12-6-7-15-14(10-12)13-8-9-20(21)17(16(13)19-15)11-4-2-1-3-5-11/h1-7,10,17,19,21H,8-9H2. The number of hydroxylamine groups is 2. The van der Waals surface area contributed by atoms with Crippen LogP contribution in [0, 0.1) is 0 Å². The number of H-pyrrole nitrogens is 1. The topological polar surface area (TPSA) is 39.3 Å². The van der Waals surface area contributed by atoms with Gasteiger partial charge in [-0.1, -0.05) is 46.3 Å². The van der Waals surface area contributed by atoms with Crippen molar-refractivity contribution in [3.63, 3.8) is 0 Å². The Morgan fingerprint density at radius 3 is 2.76 bits per heavy atom. The maximum absolute atomic E-state index is 10.4. The monoisotopic (exact) mass is 342 g/mol. The highest BCUT2D eigenvalue weighted by Gasteiger charge is 2.30. The fraction of sp³-hybridized carbons (Fsp3) is 0.176. The van der Waals surface area contributed by atoms with Crippen LogP contribution in [-0.4, -0.2) is 21.8 Å². The first kappa shape index (κ1) is 13.1. The van der Waals surface area contributed by atoms with Gasteiger partial charge >= 0.3 is 0 Å². The SMILES string of the molecule is ON1CCc2c([nH]c3ccc(Br)cc23)C1c1ccccc1. The molecule has 1 aromatic heterocycles. The Kier molecular flexibility index (Phi) is 3.10. The minimum atomic E-state index is -0.124. The third-order valence-corrected chi connectivity index (χ3v) is 4.67.